The fraction of sp³-hybridized carbons (Fsp3) is 0.550. The second-order valence-electron chi connectivity index (χ2n) is 8.02. The number of carboxylic acid groups (broad SMARTS) is 1. The number of aliphatic hydroxyl groups is 1. The fourth-order valence-electron chi connectivity index (χ4n) is 4.67. The van der Waals surface area contributed by atoms with Crippen LogP contribution in [-0.4, -0.2) is 62.4 Å². The zero-order valence-electron chi connectivity index (χ0n) is 17.5. The zero-order chi connectivity index (χ0) is 22.4. The summed E-state index contributed by atoms with van der Waals surface area (Å²) in [5.41, 5.74) is 12.1. The largest absolute Gasteiger partial charge is 0.477 e. The average Bonchev–Trinajstić information content (AvgIpc) is 3.32. The van der Waals surface area contributed by atoms with Crippen molar-refractivity contribution in [3.8, 4) is 0 Å². The summed E-state index contributed by atoms with van der Waals surface area (Å²) in [5, 5.41) is 21.0. The number of carbonyl (C=O) groups is 2. The minimum Gasteiger partial charge on any atom is -0.477 e. The summed E-state index contributed by atoms with van der Waals surface area (Å²) in [6, 6.07) is -0.323. The molecule has 0 unspecified atom stereocenters. The van der Waals surface area contributed by atoms with E-state index in [2.05, 4.69) is 4.57 Å². The maximum atomic E-state index is 12.6. The topological polar surface area (TPSA) is 138 Å². The van der Waals surface area contributed by atoms with Gasteiger partial charge in [-0.05, 0) is 19.9 Å². The van der Waals surface area contributed by atoms with E-state index in [-0.39, 0.29) is 23.6 Å². The van der Waals surface area contributed by atoms with Crippen LogP contribution in [0.1, 0.15) is 25.1 Å². The molecule has 2 aliphatic rings. The van der Waals surface area contributed by atoms with Crippen LogP contribution in [-0.2, 0) is 16.1 Å². The third kappa shape index (κ3) is 3.48. The molecule has 4 atom stereocenters. The van der Waals surface area contributed by atoms with Crippen LogP contribution in [0, 0.1) is 11.8 Å². The van der Waals surface area contributed by atoms with Crippen LogP contribution in [0.2, 0.25) is 0 Å². The van der Waals surface area contributed by atoms with E-state index in [1.807, 2.05) is 23.8 Å². The Labute approximate surface area is 188 Å². The molecule has 11 heteroatoms. The lowest BCUT2D eigenvalue weighted by Gasteiger charge is -2.46. The first-order valence-corrected chi connectivity index (χ1v) is 12.2. The van der Waals surface area contributed by atoms with E-state index < -0.39 is 18.0 Å². The number of hydrogen-bond acceptors (Lipinski definition) is 7. The lowest BCUT2D eigenvalue weighted by Crippen LogP contribution is -2.63. The fourth-order valence-corrected chi connectivity index (χ4v) is 7.00. The SMILES string of the molecule is C[C@@H](O)[C@H]1C(=O)N2C(C(=O)O)=C(c3cn4c[n+](CCCN)c(SCCN)c4s3)[C@H](C)[C@H]12. The van der Waals surface area contributed by atoms with Crippen molar-refractivity contribution in [3.05, 3.63) is 23.1 Å². The highest BCUT2D eigenvalue weighted by molar-refractivity contribution is 7.99. The number of aliphatic hydroxyl groups excluding tert-OH is 1. The molecule has 0 radical (unpaired) electrons. The standard InChI is InChI=1S/C20H27N5O4S2/c1-10-13(16(20(28)29)25-15(10)14(11(2)26)17(25)27)12-8-24-9-23(6-3-4-21)18(19(24)31-12)30-7-5-22/h8-11,14-15,26H,3-7,21-22H2,1-2H3/p+1/t10-,11+,14+,15+/m0/s1. The van der Waals surface area contributed by atoms with Crippen LogP contribution in [0.5, 0.6) is 0 Å². The van der Waals surface area contributed by atoms with Gasteiger partial charge in [0.1, 0.15) is 11.9 Å². The number of carboxylic acids is 1. The van der Waals surface area contributed by atoms with Crippen LogP contribution >= 0.6 is 23.1 Å². The Balaban J connectivity index is 1.78. The third-order valence-corrected chi connectivity index (χ3v) is 8.42. The minimum absolute atomic E-state index is 0.0380. The van der Waals surface area contributed by atoms with Gasteiger partial charge in [0.05, 0.1) is 29.5 Å². The Kier molecular flexibility index (Phi) is 6.14. The summed E-state index contributed by atoms with van der Waals surface area (Å²) in [6.45, 7) is 5.48. The van der Waals surface area contributed by atoms with E-state index in [1.54, 1.807) is 18.7 Å². The number of carbonyl (C=O) groups excluding carboxylic acids is 1. The van der Waals surface area contributed by atoms with Crippen molar-refractivity contribution >= 4 is 45.4 Å². The molecule has 2 aromatic heterocycles. The van der Waals surface area contributed by atoms with E-state index in [4.69, 9.17) is 11.5 Å². The van der Waals surface area contributed by atoms with Crippen molar-refractivity contribution < 1.29 is 24.4 Å². The van der Waals surface area contributed by atoms with Gasteiger partial charge in [-0.3, -0.25) is 4.79 Å². The highest BCUT2D eigenvalue weighted by Gasteiger charge is 2.60. The number of β-lactam (4-membered cyclic amide) rings is 1. The lowest BCUT2D eigenvalue weighted by atomic mass is 9.77. The molecule has 1 amide bonds. The van der Waals surface area contributed by atoms with Gasteiger partial charge in [-0.15, -0.1) is 0 Å². The minimum atomic E-state index is -1.12. The van der Waals surface area contributed by atoms with Gasteiger partial charge in [0.2, 0.25) is 15.8 Å². The van der Waals surface area contributed by atoms with Gasteiger partial charge < -0.3 is 26.6 Å². The Morgan fingerprint density at radius 3 is 2.74 bits per heavy atom. The Morgan fingerprint density at radius 1 is 1.39 bits per heavy atom. The summed E-state index contributed by atoms with van der Waals surface area (Å²) in [6.07, 6.45) is 3.98. The van der Waals surface area contributed by atoms with Crippen molar-refractivity contribution in [1.82, 2.24) is 9.30 Å². The summed E-state index contributed by atoms with van der Waals surface area (Å²) < 4.78 is 4.17. The quantitative estimate of drug-likeness (QED) is 0.237. The molecular weight excluding hydrogens is 438 g/mol. The van der Waals surface area contributed by atoms with Gasteiger partial charge in [0, 0.05) is 23.8 Å². The molecule has 0 aromatic carbocycles. The number of thiazole rings is 1. The van der Waals surface area contributed by atoms with E-state index in [1.165, 1.54) is 16.2 Å². The summed E-state index contributed by atoms with van der Waals surface area (Å²) in [4.78, 5) is 27.9. The highest BCUT2D eigenvalue weighted by Crippen LogP contribution is 2.51. The molecule has 4 rings (SSSR count). The predicted octanol–water partition coefficient (Wildman–Crippen LogP) is 0.341. The Morgan fingerprint density at radius 2 is 2.13 bits per heavy atom. The molecule has 1 saturated heterocycles. The van der Waals surface area contributed by atoms with Gasteiger partial charge in [0.15, 0.2) is 0 Å². The second-order valence-corrected chi connectivity index (χ2v) is 10.1. The van der Waals surface area contributed by atoms with Gasteiger partial charge in [0.25, 0.3) is 6.33 Å². The molecule has 1 fully saturated rings. The van der Waals surface area contributed by atoms with Crippen LogP contribution in [0.4, 0.5) is 0 Å². The molecule has 9 nitrogen and oxygen atoms in total. The van der Waals surface area contributed by atoms with Gasteiger partial charge in [-0.2, -0.15) is 4.40 Å². The smallest absolute Gasteiger partial charge is 0.352 e. The molecule has 0 aliphatic carbocycles. The van der Waals surface area contributed by atoms with Crippen molar-refractivity contribution in [2.45, 2.75) is 44.0 Å². The summed E-state index contributed by atoms with van der Waals surface area (Å²) >= 11 is 3.19. The summed E-state index contributed by atoms with van der Waals surface area (Å²) in [7, 11) is 0. The number of aryl methyl sites for hydroxylation is 1. The molecule has 31 heavy (non-hydrogen) atoms. The number of hydrogen-bond donors (Lipinski definition) is 4. The average molecular weight is 467 g/mol. The predicted molar refractivity (Wildman–Crippen MR) is 118 cm³/mol. The first kappa shape index (κ1) is 22.3. The molecule has 0 saturated carbocycles. The monoisotopic (exact) mass is 466 g/mol. The van der Waals surface area contributed by atoms with E-state index in [0.717, 1.165) is 33.5 Å². The van der Waals surface area contributed by atoms with Gasteiger partial charge >= 0.3 is 5.97 Å². The number of nitrogens with two attached hydrogens (primary N) is 2. The number of aliphatic carboxylic acids is 1. The summed E-state index contributed by atoms with van der Waals surface area (Å²) in [5.74, 6) is -1.41. The molecular formula is C20H28N5O4S2+. The number of imidazole rings is 1. The number of rotatable bonds is 9. The van der Waals surface area contributed by atoms with Gasteiger partial charge in [-0.25, -0.2) is 9.36 Å². The first-order valence-electron chi connectivity index (χ1n) is 10.4. The van der Waals surface area contributed by atoms with Gasteiger partial charge in [-0.1, -0.05) is 30.0 Å². The Bertz CT molecular complexity index is 1060. The van der Waals surface area contributed by atoms with Crippen LogP contribution in [0.3, 0.4) is 0 Å². The third-order valence-electron chi connectivity index (χ3n) is 6.00. The van der Waals surface area contributed by atoms with Crippen molar-refractivity contribution in [1.29, 1.82) is 0 Å². The molecule has 4 heterocycles. The molecule has 2 aromatic rings. The number of thioether (sulfide) groups is 1. The highest BCUT2D eigenvalue weighted by atomic mass is 32.2. The van der Waals surface area contributed by atoms with E-state index in [9.17, 15) is 19.8 Å². The van der Waals surface area contributed by atoms with Crippen LogP contribution in [0.15, 0.2) is 23.2 Å². The molecule has 0 bridgehead atoms. The van der Waals surface area contributed by atoms with Crippen molar-refractivity contribution in [2.75, 3.05) is 18.8 Å². The number of aromatic nitrogens is 2. The van der Waals surface area contributed by atoms with E-state index in [0.29, 0.717) is 18.7 Å². The Hall–Kier alpha value is -1.92. The van der Waals surface area contributed by atoms with Crippen LogP contribution < -0.4 is 16.0 Å². The number of amides is 1. The van der Waals surface area contributed by atoms with Crippen molar-refractivity contribution in [2.24, 2.45) is 23.3 Å². The maximum Gasteiger partial charge on any atom is 0.352 e. The van der Waals surface area contributed by atoms with Crippen LogP contribution in [0.25, 0.3) is 10.4 Å². The number of fused-ring (bicyclic) bond motifs is 2. The normalized spacial score (nSPS) is 24.1. The molecule has 0 spiro atoms. The van der Waals surface area contributed by atoms with E-state index >= 15 is 0 Å². The zero-order valence-corrected chi connectivity index (χ0v) is 19.2. The van der Waals surface area contributed by atoms with Crippen molar-refractivity contribution in [3.63, 3.8) is 0 Å². The molecule has 2 aliphatic heterocycles. The molecule has 168 valence electrons. The number of nitrogens with zero attached hydrogens (tertiary/aromatic N) is 3. The second kappa shape index (κ2) is 8.55. The molecule has 6 N–H and O–H groups in total. The first-order chi connectivity index (χ1) is 14.8. The maximum absolute atomic E-state index is 12.6. The lowest BCUT2D eigenvalue weighted by molar-refractivity contribution is -0.729.